The molecule has 4 rings (SSSR count). The number of benzene rings is 3. The van der Waals surface area contributed by atoms with Crippen LogP contribution in [0.3, 0.4) is 0 Å². The zero-order valence-corrected chi connectivity index (χ0v) is 12.0. The predicted octanol–water partition coefficient (Wildman–Crippen LogP) is 4.96. The number of fused-ring (bicyclic) bond motifs is 1. The van der Waals surface area contributed by atoms with Crippen molar-refractivity contribution in [3.8, 4) is 22.4 Å². The van der Waals surface area contributed by atoms with Crippen LogP contribution in [0.25, 0.3) is 33.3 Å². The topological polar surface area (TPSA) is 25.8 Å². The first-order chi connectivity index (χ1) is 10.9. The summed E-state index contributed by atoms with van der Waals surface area (Å²) in [6.07, 6.45) is 1.65. The Hall–Kier alpha value is -3.00. The second-order valence-electron chi connectivity index (χ2n) is 5.16. The van der Waals surface area contributed by atoms with Gasteiger partial charge in [-0.05, 0) is 5.56 Å². The lowest BCUT2D eigenvalue weighted by Crippen LogP contribution is -1.91. The third-order valence-corrected chi connectivity index (χ3v) is 3.80. The van der Waals surface area contributed by atoms with Crippen LogP contribution in [-0.4, -0.2) is 9.97 Å². The summed E-state index contributed by atoms with van der Waals surface area (Å²) >= 11 is 0. The van der Waals surface area contributed by atoms with Crippen molar-refractivity contribution in [2.45, 2.75) is 0 Å². The lowest BCUT2D eigenvalue weighted by atomic mass is 9.99. The standard InChI is InChI=1S/C20H14N2/c1-3-8-15(9-4-1)17-12-7-13-18-19(21-14-22-20(17)18)16-10-5-2-6-11-16/h1-14H. The quantitative estimate of drug-likeness (QED) is 0.519. The molecule has 0 saturated heterocycles. The van der Waals surface area contributed by atoms with Gasteiger partial charge in [0.15, 0.2) is 0 Å². The number of rotatable bonds is 2. The van der Waals surface area contributed by atoms with Crippen molar-refractivity contribution in [1.82, 2.24) is 9.97 Å². The summed E-state index contributed by atoms with van der Waals surface area (Å²) in [6, 6.07) is 26.9. The third-order valence-electron chi connectivity index (χ3n) is 3.80. The first kappa shape index (κ1) is 12.7. The Morgan fingerprint density at radius 2 is 1.23 bits per heavy atom. The lowest BCUT2D eigenvalue weighted by Gasteiger charge is -2.09. The van der Waals surface area contributed by atoms with Crippen LogP contribution in [0, 0.1) is 0 Å². The molecule has 0 bridgehead atoms. The molecular formula is C20H14N2. The molecule has 0 unspecified atom stereocenters. The zero-order valence-electron chi connectivity index (χ0n) is 12.0. The maximum Gasteiger partial charge on any atom is 0.116 e. The summed E-state index contributed by atoms with van der Waals surface area (Å²) < 4.78 is 0. The predicted molar refractivity (Wildman–Crippen MR) is 90.4 cm³/mol. The first-order valence-electron chi connectivity index (χ1n) is 7.28. The smallest absolute Gasteiger partial charge is 0.116 e. The number of para-hydroxylation sites is 1. The van der Waals surface area contributed by atoms with Crippen molar-refractivity contribution in [1.29, 1.82) is 0 Å². The summed E-state index contributed by atoms with van der Waals surface area (Å²) in [5.41, 5.74) is 5.38. The van der Waals surface area contributed by atoms with E-state index in [4.69, 9.17) is 0 Å². The highest BCUT2D eigenvalue weighted by Crippen LogP contribution is 2.31. The molecule has 3 aromatic carbocycles. The van der Waals surface area contributed by atoms with Gasteiger partial charge in [0.1, 0.15) is 6.33 Å². The van der Waals surface area contributed by atoms with E-state index in [9.17, 15) is 0 Å². The van der Waals surface area contributed by atoms with Crippen LogP contribution in [0.5, 0.6) is 0 Å². The Morgan fingerprint density at radius 1 is 0.545 bits per heavy atom. The van der Waals surface area contributed by atoms with Gasteiger partial charge in [-0.1, -0.05) is 78.9 Å². The molecular weight excluding hydrogens is 268 g/mol. The van der Waals surface area contributed by atoms with Gasteiger partial charge in [0.25, 0.3) is 0 Å². The van der Waals surface area contributed by atoms with E-state index in [1.165, 1.54) is 5.56 Å². The molecule has 22 heavy (non-hydrogen) atoms. The molecule has 0 aliphatic rings. The number of aromatic nitrogens is 2. The minimum Gasteiger partial charge on any atom is -0.236 e. The van der Waals surface area contributed by atoms with E-state index in [0.29, 0.717) is 0 Å². The van der Waals surface area contributed by atoms with Gasteiger partial charge in [0, 0.05) is 16.5 Å². The van der Waals surface area contributed by atoms with E-state index in [1.54, 1.807) is 6.33 Å². The average molecular weight is 282 g/mol. The summed E-state index contributed by atoms with van der Waals surface area (Å²) in [6.45, 7) is 0. The maximum atomic E-state index is 4.53. The maximum absolute atomic E-state index is 4.53. The first-order valence-corrected chi connectivity index (χ1v) is 7.28. The Balaban J connectivity index is 2.00. The Bertz CT molecular complexity index is 837. The fraction of sp³-hybridized carbons (Fsp3) is 0. The molecule has 0 N–H and O–H groups in total. The fourth-order valence-corrected chi connectivity index (χ4v) is 2.76. The van der Waals surface area contributed by atoms with Crippen molar-refractivity contribution in [2.24, 2.45) is 0 Å². The van der Waals surface area contributed by atoms with Gasteiger partial charge < -0.3 is 0 Å². The van der Waals surface area contributed by atoms with Crippen molar-refractivity contribution in [3.63, 3.8) is 0 Å². The molecule has 1 aromatic heterocycles. The molecule has 104 valence electrons. The second kappa shape index (κ2) is 5.41. The van der Waals surface area contributed by atoms with Gasteiger partial charge in [0.2, 0.25) is 0 Å². The van der Waals surface area contributed by atoms with E-state index in [-0.39, 0.29) is 0 Å². The molecule has 0 saturated carbocycles. The molecule has 4 aromatic rings. The summed E-state index contributed by atoms with van der Waals surface area (Å²) in [4.78, 5) is 9.03. The van der Waals surface area contributed by atoms with Crippen molar-refractivity contribution >= 4 is 10.9 Å². The molecule has 1 heterocycles. The van der Waals surface area contributed by atoms with E-state index < -0.39 is 0 Å². The molecule has 0 fully saturated rings. The second-order valence-corrected chi connectivity index (χ2v) is 5.16. The summed E-state index contributed by atoms with van der Waals surface area (Å²) in [7, 11) is 0. The fourth-order valence-electron chi connectivity index (χ4n) is 2.76. The minimum atomic E-state index is 0.975. The van der Waals surface area contributed by atoms with Gasteiger partial charge in [-0.25, -0.2) is 9.97 Å². The van der Waals surface area contributed by atoms with Gasteiger partial charge in [-0.15, -0.1) is 0 Å². The molecule has 0 amide bonds. The van der Waals surface area contributed by atoms with E-state index >= 15 is 0 Å². The van der Waals surface area contributed by atoms with Gasteiger partial charge in [-0.3, -0.25) is 0 Å². The van der Waals surface area contributed by atoms with E-state index in [0.717, 1.165) is 27.7 Å². The minimum absolute atomic E-state index is 0.975. The summed E-state index contributed by atoms with van der Waals surface area (Å²) in [5.74, 6) is 0. The highest BCUT2D eigenvalue weighted by Gasteiger charge is 2.10. The largest absolute Gasteiger partial charge is 0.236 e. The lowest BCUT2D eigenvalue weighted by molar-refractivity contribution is 1.22. The Labute approximate surface area is 129 Å². The number of nitrogens with zero attached hydrogens (tertiary/aromatic N) is 2. The third kappa shape index (κ3) is 2.15. The van der Waals surface area contributed by atoms with Crippen molar-refractivity contribution < 1.29 is 0 Å². The molecule has 0 radical (unpaired) electrons. The SMILES string of the molecule is c1ccc(-c2ncnc3c(-c4ccccc4)cccc23)cc1. The van der Waals surface area contributed by atoms with Gasteiger partial charge >= 0.3 is 0 Å². The van der Waals surface area contributed by atoms with E-state index in [2.05, 4.69) is 52.4 Å². The Kier molecular flexibility index (Phi) is 3.13. The monoisotopic (exact) mass is 282 g/mol. The zero-order chi connectivity index (χ0) is 14.8. The highest BCUT2D eigenvalue weighted by molar-refractivity contribution is 6.00. The molecule has 0 spiro atoms. The normalized spacial score (nSPS) is 10.7. The molecule has 0 atom stereocenters. The molecule has 2 heteroatoms. The van der Waals surface area contributed by atoms with Crippen LogP contribution < -0.4 is 0 Å². The molecule has 2 nitrogen and oxygen atoms in total. The number of hydrogen-bond donors (Lipinski definition) is 0. The van der Waals surface area contributed by atoms with Crippen molar-refractivity contribution in [3.05, 3.63) is 85.2 Å². The van der Waals surface area contributed by atoms with Crippen LogP contribution >= 0.6 is 0 Å². The highest BCUT2D eigenvalue weighted by atomic mass is 14.8. The van der Waals surface area contributed by atoms with Gasteiger partial charge in [-0.2, -0.15) is 0 Å². The van der Waals surface area contributed by atoms with Crippen LogP contribution in [0.15, 0.2) is 85.2 Å². The Morgan fingerprint density at radius 3 is 1.95 bits per heavy atom. The molecule has 0 aliphatic heterocycles. The van der Waals surface area contributed by atoms with Gasteiger partial charge in [0.05, 0.1) is 11.2 Å². The van der Waals surface area contributed by atoms with Crippen LogP contribution in [-0.2, 0) is 0 Å². The van der Waals surface area contributed by atoms with Crippen LogP contribution in [0.1, 0.15) is 0 Å². The van der Waals surface area contributed by atoms with E-state index in [1.807, 2.05) is 36.4 Å². The van der Waals surface area contributed by atoms with Crippen LogP contribution in [0.4, 0.5) is 0 Å². The van der Waals surface area contributed by atoms with Crippen LogP contribution in [0.2, 0.25) is 0 Å². The number of hydrogen-bond acceptors (Lipinski definition) is 2. The average Bonchev–Trinajstić information content (AvgIpc) is 2.62. The summed E-state index contributed by atoms with van der Waals surface area (Å²) in [5, 5.41) is 1.08. The molecule has 0 aliphatic carbocycles. The van der Waals surface area contributed by atoms with Crippen molar-refractivity contribution in [2.75, 3.05) is 0 Å².